The Bertz CT molecular complexity index is 1050. The second-order valence-corrected chi connectivity index (χ2v) is 8.69. The predicted octanol–water partition coefficient (Wildman–Crippen LogP) is 4.41. The molecule has 0 radical (unpaired) electrons. The first-order valence-corrected chi connectivity index (χ1v) is 10.9. The average molecular weight is 465 g/mol. The second-order valence-electron chi connectivity index (χ2n) is 7.58. The minimum absolute atomic E-state index is 0.0591. The third-order valence-electron chi connectivity index (χ3n) is 5.27. The number of thiophene rings is 1. The molecule has 2 atom stereocenters. The van der Waals surface area contributed by atoms with Gasteiger partial charge in [-0.3, -0.25) is 4.79 Å². The number of carbonyl (C=O) groups is 2. The number of esters is 1. The molecule has 3 rings (SSSR count). The number of fused-ring (bicyclic) bond motifs is 1. The zero-order chi connectivity index (χ0) is 23.5. The minimum Gasteiger partial charge on any atom is -0.463 e. The first-order chi connectivity index (χ1) is 15.1. The van der Waals surface area contributed by atoms with Gasteiger partial charge in [0, 0.05) is 10.4 Å². The smallest absolute Gasteiger partial charge is 0.441 e. The molecule has 1 aromatic heterocycles. The van der Waals surface area contributed by atoms with Crippen molar-refractivity contribution in [2.24, 2.45) is 5.92 Å². The van der Waals surface area contributed by atoms with E-state index in [9.17, 15) is 28.0 Å². The summed E-state index contributed by atoms with van der Waals surface area (Å²) in [5, 5.41) is 13.5. The van der Waals surface area contributed by atoms with Crippen LogP contribution in [-0.2, 0) is 22.4 Å². The third-order valence-corrected chi connectivity index (χ3v) is 6.44. The lowest BCUT2D eigenvalue weighted by Gasteiger charge is -2.35. The summed E-state index contributed by atoms with van der Waals surface area (Å²) < 4.78 is 48.0. The van der Waals surface area contributed by atoms with Gasteiger partial charge >= 0.3 is 17.8 Å². The Morgan fingerprint density at radius 2 is 1.97 bits per heavy atom. The van der Waals surface area contributed by atoms with Gasteiger partial charge in [0.05, 0.1) is 12.2 Å². The van der Waals surface area contributed by atoms with Crippen LogP contribution in [0.25, 0.3) is 0 Å². The summed E-state index contributed by atoms with van der Waals surface area (Å²) in [6, 6.07) is 9.20. The molecule has 32 heavy (non-hydrogen) atoms. The maximum atomic E-state index is 14.4. The van der Waals surface area contributed by atoms with Crippen LogP contribution in [-0.4, -0.2) is 30.3 Å². The van der Waals surface area contributed by atoms with E-state index < -0.39 is 23.7 Å². The van der Waals surface area contributed by atoms with Crippen LogP contribution in [0.1, 0.15) is 46.6 Å². The van der Waals surface area contributed by atoms with Gasteiger partial charge in [0.1, 0.15) is 11.1 Å². The number of hydrogen-bond acceptors (Lipinski definition) is 6. The second kappa shape index (κ2) is 9.20. The van der Waals surface area contributed by atoms with Crippen LogP contribution in [0.3, 0.4) is 0 Å². The van der Waals surface area contributed by atoms with E-state index in [1.807, 2.05) is 18.3 Å². The molecule has 2 N–H and O–H groups in total. The zero-order valence-corrected chi connectivity index (χ0v) is 18.3. The van der Waals surface area contributed by atoms with Gasteiger partial charge in [-0.25, -0.2) is 4.79 Å². The van der Waals surface area contributed by atoms with Crippen molar-refractivity contribution < 1.29 is 27.5 Å². The Hall–Kier alpha value is -3.06. The quantitative estimate of drug-likeness (QED) is 0.487. The van der Waals surface area contributed by atoms with Gasteiger partial charge in [0.2, 0.25) is 0 Å². The Labute approximate surface area is 187 Å². The highest BCUT2D eigenvalue weighted by atomic mass is 32.1. The van der Waals surface area contributed by atoms with Crippen LogP contribution >= 0.6 is 11.3 Å². The van der Waals surface area contributed by atoms with Gasteiger partial charge in [-0.1, -0.05) is 25.1 Å². The highest BCUT2D eigenvalue weighted by molar-refractivity contribution is 7.16. The molecule has 1 aliphatic carbocycles. The lowest BCUT2D eigenvalue weighted by Crippen LogP contribution is -2.69. The minimum atomic E-state index is -5.27. The Balaban J connectivity index is 2.10. The fourth-order valence-electron chi connectivity index (χ4n) is 3.59. The summed E-state index contributed by atoms with van der Waals surface area (Å²) in [4.78, 5) is 26.2. The molecule has 0 bridgehead atoms. The molecule has 10 heteroatoms. The average Bonchev–Trinajstić information content (AvgIpc) is 3.08. The molecular formula is C22H22F3N3O3S. The molecule has 2 aromatic rings. The number of benzene rings is 1. The van der Waals surface area contributed by atoms with Crippen LogP contribution in [0.15, 0.2) is 30.3 Å². The van der Waals surface area contributed by atoms with E-state index in [0.29, 0.717) is 24.3 Å². The lowest BCUT2D eigenvalue weighted by atomic mass is 9.88. The number of rotatable bonds is 6. The first-order valence-electron chi connectivity index (χ1n) is 10.1. The molecule has 0 fully saturated rings. The van der Waals surface area contributed by atoms with E-state index in [1.165, 1.54) is 31.2 Å². The van der Waals surface area contributed by atoms with Crippen molar-refractivity contribution in [3.05, 3.63) is 51.9 Å². The summed E-state index contributed by atoms with van der Waals surface area (Å²) >= 11 is 0.999. The van der Waals surface area contributed by atoms with Gasteiger partial charge < -0.3 is 15.4 Å². The highest BCUT2D eigenvalue weighted by Crippen LogP contribution is 2.42. The molecule has 1 heterocycles. The van der Waals surface area contributed by atoms with Crippen LogP contribution in [0.4, 0.5) is 18.2 Å². The number of carbonyl (C=O) groups excluding carboxylic acids is 2. The number of nitrogens with one attached hydrogen (secondary N) is 2. The number of amides is 1. The lowest BCUT2D eigenvalue weighted by molar-refractivity contribution is -0.204. The van der Waals surface area contributed by atoms with E-state index >= 15 is 0 Å². The molecule has 0 saturated heterocycles. The molecule has 1 aliphatic rings. The summed E-state index contributed by atoms with van der Waals surface area (Å²) in [5.74, 6) is -2.49. The van der Waals surface area contributed by atoms with Crippen molar-refractivity contribution in [2.75, 3.05) is 11.9 Å². The molecular weight excluding hydrogens is 443 g/mol. The number of nitrogens with zero attached hydrogens (tertiary/aromatic N) is 1. The zero-order valence-electron chi connectivity index (χ0n) is 17.5. The number of halogens is 3. The number of anilines is 1. The fourth-order valence-corrected chi connectivity index (χ4v) is 5.01. The largest absolute Gasteiger partial charge is 0.463 e. The molecule has 1 amide bonds. The van der Waals surface area contributed by atoms with Crippen LogP contribution in [0.5, 0.6) is 0 Å². The third kappa shape index (κ3) is 4.43. The predicted molar refractivity (Wildman–Crippen MR) is 113 cm³/mol. The topological polar surface area (TPSA) is 91.2 Å². The van der Waals surface area contributed by atoms with Crippen LogP contribution in [0, 0.1) is 17.2 Å². The SMILES string of the molecule is CCOC(=O)C(NC(=O)c1ccccc1)(Nc1sc2c(c1C#N)CCC(C)C2)C(F)(F)F. The summed E-state index contributed by atoms with van der Waals surface area (Å²) in [6.45, 7) is 3.06. The standard InChI is InChI=1S/C22H22F3N3O3S/c1-3-31-20(30)21(22(23,24)25,27-18(29)14-7-5-4-6-8-14)28-19-16(12-26)15-10-9-13(2)11-17(15)32-19/h4-8,13,28H,3,9-11H2,1-2H3,(H,27,29). The van der Waals surface area contributed by atoms with Gasteiger partial charge in [-0.05, 0) is 49.8 Å². The van der Waals surface area contributed by atoms with E-state index in [4.69, 9.17) is 4.74 Å². The van der Waals surface area contributed by atoms with Crippen molar-refractivity contribution in [3.63, 3.8) is 0 Å². The van der Waals surface area contributed by atoms with Gasteiger partial charge in [0.15, 0.2) is 0 Å². The summed E-state index contributed by atoms with van der Waals surface area (Å²) in [6.07, 6.45) is -3.27. The van der Waals surface area contributed by atoms with Gasteiger partial charge in [0.25, 0.3) is 5.91 Å². The first kappa shape index (κ1) is 23.6. The number of hydrogen-bond donors (Lipinski definition) is 2. The van der Waals surface area contributed by atoms with Crippen molar-refractivity contribution >= 4 is 28.2 Å². The van der Waals surface area contributed by atoms with Gasteiger partial charge in [-0.2, -0.15) is 18.4 Å². The van der Waals surface area contributed by atoms with E-state index in [-0.39, 0.29) is 22.7 Å². The Morgan fingerprint density at radius 1 is 1.28 bits per heavy atom. The van der Waals surface area contributed by atoms with Crippen molar-refractivity contribution in [2.45, 2.75) is 44.9 Å². The molecule has 170 valence electrons. The summed E-state index contributed by atoms with van der Waals surface area (Å²) in [5.41, 5.74) is -2.89. The summed E-state index contributed by atoms with van der Waals surface area (Å²) in [7, 11) is 0. The number of ether oxygens (including phenoxy) is 1. The monoisotopic (exact) mass is 465 g/mol. The van der Waals surface area contributed by atoms with Crippen LogP contribution in [0.2, 0.25) is 0 Å². The van der Waals surface area contributed by atoms with Crippen molar-refractivity contribution in [1.82, 2.24) is 5.32 Å². The fraction of sp³-hybridized carbons (Fsp3) is 0.409. The Morgan fingerprint density at radius 3 is 2.56 bits per heavy atom. The van der Waals surface area contributed by atoms with Crippen molar-refractivity contribution in [3.8, 4) is 6.07 Å². The van der Waals surface area contributed by atoms with E-state index in [2.05, 4.69) is 5.32 Å². The van der Waals surface area contributed by atoms with E-state index in [0.717, 1.165) is 22.6 Å². The maximum Gasteiger partial charge on any atom is 0.441 e. The van der Waals surface area contributed by atoms with E-state index in [1.54, 1.807) is 6.07 Å². The highest BCUT2D eigenvalue weighted by Gasteiger charge is 2.64. The number of alkyl halides is 3. The van der Waals surface area contributed by atoms with Gasteiger partial charge in [-0.15, -0.1) is 11.3 Å². The molecule has 2 unspecified atom stereocenters. The molecule has 0 saturated carbocycles. The van der Waals surface area contributed by atoms with Crippen molar-refractivity contribution in [1.29, 1.82) is 5.26 Å². The normalized spacial score (nSPS) is 17.4. The van der Waals surface area contributed by atoms with Crippen LogP contribution < -0.4 is 10.6 Å². The molecule has 0 spiro atoms. The number of nitriles is 1. The molecule has 1 aromatic carbocycles. The molecule has 0 aliphatic heterocycles. The maximum absolute atomic E-state index is 14.4. The molecule has 6 nitrogen and oxygen atoms in total. The Kier molecular flexibility index (Phi) is 6.79.